The van der Waals surface area contributed by atoms with Gasteiger partial charge in [-0.05, 0) is 67.0 Å². The second kappa shape index (κ2) is 10.6. The van der Waals surface area contributed by atoms with E-state index in [9.17, 15) is 9.59 Å². The number of fused-ring (bicyclic) bond motifs is 1. The zero-order valence-electron chi connectivity index (χ0n) is 21.8. The number of nitrogens with one attached hydrogen (secondary N) is 1. The lowest BCUT2D eigenvalue weighted by atomic mass is 9.80. The highest BCUT2D eigenvalue weighted by Crippen LogP contribution is 2.39. The Labute approximate surface area is 222 Å². The van der Waals surface area contributed by atoms with Crippen LogP contribution in [-0.2, 0) is 31.9 Å². The molecule has 5 rings (SSSR count). The van der Waals surface area contributed by atoms with Crippen molar-refractivity contribution in [1.29, 1.82) is 0 Å². The number of ether oxygens (including phenoxy) is 2. The fourth-order valence-corrected chi connectivity index (χ4v) is 5.13. The normalized spacial score (nSPS) is 20.3. The fourth-order valence-electron chi connectivity index (χ4n) is 5.13. The SMILES string of the molecule is COC1=CC(c2ccccc2)C(C(=O)Nc2ccc3c(c2)CCN3C(=O)Cc2ccccn2)=CC1(C)OC. The zero-order chi connectivity index (χ0) is 26.7. The number of amides is 2. The molecule has 0 bridgehead atoms. The summed E-state index contributed by atoms with van der Waals surface area (Å²) >= 11 is 0. The van der Waals surface area contributed by atoms with Crippen LogP contribution in [0.2, 0.25) is 0 Å². The first-order valence-corrected chi connectivity index (χ1v) is 12.7. The Hall–Kier alpha value is -4.23. The minimum absolute atomic E-state index is 0.0110. The highest BCUT2D eigenvalue weighted by molar-refractivity contribution is 6.06. The number of methoxy groups -OCH3 is 2. The van der Waals surface area contributed by atoms with Crippen LogP contribution in [0.3, 0.4) is 0 Å². The van der Waals surface area contributed by atoms with E-state index in [2.05, 4.69) is 10.3 Å². The van der Waals surface area contributed by atoms with Crippen LogP contribution in [-0.4, -0.2) is 43.2 Å². The molecule has 0 spiro atoms. The highest BCUT2D eigenvalue weighted by atomic mass is 16.5. The van der Waals surface area contributed by atoms with Gasteiger partial charge in [0.05, 0.1) is 13.5 Å². The van der Waals surface area contributed by atoms with Crippen molar-refractivity contribution >= 4 is 23.2 Å². The lowest BCUT2D eigenvalue weighted by Crippen LogP contribution is -2.35. The molecule has 2 heterocycles. The van der Waals surface area contributed by atoms with Gasteiger partial charge in [0.15, 0.2) is 0 Å². The number of benzene rings is 2. The summed E-state index contributed by atoms with van der Waals surface area (Å²) < 4.78 is 11.4. The van der Waals surface area contributed by atoms with Crippen molar-refractivity contribution in [3.05, 3.63) is 113 Å². The van der Waals surface area contributed by atoms with Crippen LogP contribution in [0.15, 0.2) is 96.4 Å². The van der Waals surface area contributed by atoms with Gasteiger partial charge >= 0.3 is 0 Å². The van der Waals surface area contributed by atoms with Crippen LogP contribution in [0, 0.1) is 0 Å². The lowest BCUT2D eigenvalue weighted by molar-refractivity contribution is -0.118. The molecule has 3 aromatic rings. The maximum atomic E-state index is 13.6. The molecular formula is C31H31N3O4. The fraction of sp³-hybridized carbons (Fsp3) is 0.258. The van der Waals surface area contributed by atoms with E-state index >= 15 is 0 Å². The first-order chi connectivity index (χ1) is 18.4. The number of rotatable bonds is 7. The molecule has 2 aromatic carbocycles. The summed E-state index contributed by atoms with van der Waals surface area (Å²) in [5, 5.41) is 3.07. The Kier molecular flexibility index (Phi) is 7.11. The van der Waals surface area contributed by atoms with Gasteiger partial charge in [-0.2, -0.15) is 0 Å². The van der Waals surface area contributed by atoms with Gasteiger partial charge < -0.3 is 19.7 Å². The minimum atomic E-state index is -0.862. The van der Waals surface area contributed by atoms with E-state index in [1.807, 2.05) is 85.8 Å². The summed E-state index contributed by atoms with van der Waals surface area (Å²) in [6, 6.07) is 21.1. The third-order valence-corrected chi connectivity index (χ3v) is 7.23. The topological polar surface area (TPSA) is 80.8 Å². The smallest absolute Gasteiger partial charge is 0.252 e. The van der Waals surface area contributed by atoms with Gasteiger partial charge in [-0.25, -0.2) is 0 Å². The number of allylic oxidation sites excluding steroid dienone is 1. The quantitative estimate of drug-likeness (QED) is 0.494. The van der Waals surface area contributed by atoms with E-state index in [0.29, 0.717) is 23.6 Å². The largest absolute Gasteiger partial charge is 0.498 e. The Morgan fingerprint density at radius 1 is 1.08 bits per heavy atom. The summed E-state index contributed by atoms with van der Waals surface area (Å²) in [5.74, 6) is 0.161. The van der Waals surface area contributed by atoms with Gasteiger partial charge in [0.1, 0.15) is 11.4 Å². The van der Waals surface area contributed by atoms with Crippen molar-refractivity contribution in [3.63, 3.8) is 0 Å². The molecular weight excluding hydrogens is 478 g/mol. The van der Waals surface area contributed by atoms with Crippen LogP contribution in [0.25, 0.3) is 0 Å². The molecule has 7 nitrogen and oxygen atoms in total. The molecule has 38 heavy (non-hydrogen) atoms. The van der Waals surface area contributed by atoms with Gasteiger partial charge in [-0.3, -0.25) is 14.6 Å². The molecule has 0 radical (unpaired) electrons. The lowest BCUT2D eigenvalue weighted by Gasteiger charge is -2.34. The summed E-state index contributed by atoms with van der Waals surface area (Å²) in [6.45, 7) is 2.49. The van der Waals surface area contributed by atoms with Crippen molar-refractivity contribution in [2.24, 2.45) is 0 Å². The second-order valence-electron chi connectivity index (χ2n) is 9.63. The van der Waals surface area contributed by atoms with E-state index in [1.165, 1.54) is 0 Å². The average Bonchev–Trinajstić information content (AvgIpc) is 3.37. The van der Waals surface area contributed by atoms with E-state index < -0.39 is 5.60 Å². The Bertz CT molecular complexity index is 1400. The number of pyridine rings is 1. The number of hydrogen-bond acceptors (Lipinski definition) is 5. The number of nitrogens with zero attached hydrogens (tertiary/aromatic N) is 2. The van der Waals surface area contributed by atoms with Crippen molar-refractivity contribution in [2.75, 3.05) is 31.0 Å². The van der Waals surface area contributed by atoms with Crippen LogP contribution >= 0.6 is 0 Å². The molecule has 2 unspecified atom stereocenters. The van der Waals surface area contributed by atoms with E-state index in [1.54, 1.807) is 25.3 Å². The van der Waals surface area contributed by atoms with Crippen molar-refractivity contribution in [2.45, 2.75) is 31.3 Å². The molecule has 7 heteroatoms. The standard InChI is InChI=1S/C31H31N3O4/c1-31(38-3)20-26(25(19-28(31)37-2)21-9-5-4-6-10-21)30(36)33-24-12-13-27-22(17-24)14-16-34(27)29(35)18-23-11-7-8-15-32-23/h4-13,15,17,19-20,25H,14,16,18H2,1-3H3,(H,33,36). The average molecular weight is 510 g/mol. The summed E-state index contributed by atoms with van der Waals surface area (Å²) in [7, 11) is 3.21. The van der Waals surface area contributed by atoms with Gasteiger partial charge in [0.25, 0.3) is 5.91 Å². The van der Waals surface area contributed by atoms with Gasteiger partial charge in [-0.15, -0.1) is 0 Å². The van der Waals surface area contributed by atoms with Crippen LogP contribution < -0.4 is 10.2 Å². The summed E-state index contributed by atoms with van der Waals surface area (Å²) in [4.78, 5) is 32.7. The molecule has 0 saturated heterocycles. The summed E-state index contributed by atoms with van der Waals surface area (Å²) in [6.07, 6.45) is 6.46. The molecule has 1 aliphatic carbocycles. The van der Waals surface area contributed by atoms with Crippen molar-refractivity contribution < 1.29 is 19.1 Å². The number of carbonyl (C=O) groups excluding carboxylic acids is 2. The van der Waals surface area contributed by atoms with Gasteiger partial charge in [-0.1, -0.05) is 36.4 Å². The van der Waals surface area contributed by atoms with Gasteiger partial charge in [0.2, 0.25) is 5.91 Å². The Morgan fingerprint density at radius 3 is 2.58 bits per heavy atom. The van der Waals surface area contributed by atoms with E-state index in [-0.39, 0.29) is 24.2 Å². The number of anilines is 2. The van der Waals surface area contributed by atoms with Crippen molar-refractivity contribution in [1.82, 2.24) is 4.98 Å². The molecule has 1 N–H and O–H groups in total. The predicted molar refractivity (Wildman–Crippen MR) is 147 cm³/mol. The first kappa shape index (κ1) is 25.4. The first-order valence-electron chi connectivity index (χ1n) is 12.7. The molecule has 0 saturated carbocycles. The molecule has 2 amide bonds. The number of hydrogen-bond donors (Lipinski definition) is 1. The summed E-state index contributed by atoms with van der Waals surface area (Å²) in [5.41, 5.74) is 4.03. The minimum Gasteiger partial charge on any atom is -0.498 e. The molecule has 0 fully saturated rings. The van der Waals surface area contributed by atoms with E-state index in [0.717, 1.165) is 28.9 Å². The van der Waals surface area contributed by atoms with Crippen LogP contribution in [0.5, 0.6) is 0 Å². The molecule has 1 aliphatic heterocycles. The second-order valence-corrected chi connectivity index (χ2v) is 9.63. The highest BCUT2D eigenvalue weighted by Gasteiger charge is 2.37. The Morgan fingerprint density at radius 2 is 1.87 bits per heavy atom. The van der Waals surface area contributed by atoms with Crippen LogP contribution in [0.1, 0.15) is 29.7 Å². The maximum Gasteiger partial charge on any atom is 0.252 e. The zero-order valence-corrected chi connectivity index (χ0v) is 21.8. The maximum absolute atomic E-state index is 13.6. The number of aromatic nitrogens is 1. The van der Waals surface area contributed by atoms with E-state index in [4.69, 9.17) is 9.47 Å². The van der Waals surface area contributed by atoms with Crippen molar-refractivity contribution in [3.8, 4) is 0 Å². The molecule has 1 aromatic heterocycles. The van der Waals surface area contributed by atoms with Gasteiger partial charge in [0, 0.05) is 48.4 Å². The third kappa shape index (κ3) is 4.97. The predicted octanol–water partition coefficient (Wildman–Crippen LogP) is 4.81. The molecule has 194 valence electrons. The third-order valence-electron chi connectivity index (χ3n) is 7.23. The molecule has 2 atom stereocenters. The molecule has 2 aliphatic rings. The van der Waals surface area contributed by atoms with Crippen LogP contribution in [0.4, 0.5) is 11.4 Å². The monoisotopic (exact) mass is 509 g/mol. The number of carbonyl (C=O) groups is 2. The Balaban J connectivity index is 1.37.